The van der Waals surface area contributed by atoms with Crippen molar-refractivity contribution >= 4 is 11.8 Å². The van der Waals surface area contributed by atoms with Crippen molar-refractivity contribution in [1.29, 1.82) is 0 Å². The van der Waals surface area contributed by atoms with Crippen molar-refractivity contribution in [3.8, 4) is 0 Å². The van der Waals surface area contributed by atoms with E-state index in [1.807, 2.05) is 17.8 Å². The van der Waals surface area contributed by atoms with Crippen LogP contribution in [0.2, 0.25) is 0 Å². The van der Waals surface area contributed by atoms with Gasteiger partial charge in [0.1, 0.15) is 0 Å². The van der Waals surface area contributed by atoms with Gasteiger partial charge in [-0.25, -0.2) is 0 Å². The fourth-order valence-electron chi connectivity index (χ4n) is 2.62. The van der Waals surface area contributed by atoms with E-state index in [0.29, 0.717) is 12.2 Å². The molecule has 1 fully saturated rings. The third kappa shape index (κ3) is 5.44. The molecule has 112 valence electrons. The van der Waals surface area contributed by atoms with Gasteiger partial charge in [-0.3, -0.25) is 4.90 Å². The molecule has 3 atom stereocenters. The van der Waals surface area contributed by atoms with Crippen molar-refractivity contribution in [1.82, 2.24) is 4.90 Å². The van der Waals surface area contributed by atoms with Crippen LogP contribution in [0.1, 0.15) is 20.3 Å². The number of rotatable bonds is 6. The second-order valence-electron chi connectivity index (χ2n) is 5.69. The van der Waals surface area contributed by atoms with Crippen LogP contribution in [0.3, 0.4) is 0 Å². The summed E-state index contributed by atoms with van der Waals surface area (Å²) in [5.74, 6) is 0.986. The third-order valence-electron chi connectivity index (χ3n) is 3.52. The summed E-state index contributed by atoms with van der Waals surface area (Å²) in [6.07, 6.45) is 1.74. The van der Waals surface area contributed by atoms with Gasteiger partial charge in [0.05, 0.1) is 12.2 Å². The predicted molar refractivity (Wildman–Crippen MR) is 86.2 cm³/mol. The number of benzene rings is 1. The number of thioether (sulfide) groups is 1. The van der Waals surface area contributed by atoms with Gasteiger partial charge in [-0.05, 0) is 38.9 Å². The highest BCUT2D eigenvalue weighted by Gasteiger charge is 2.22. The molecule has 20 heavy (non-hydrogen) atoms. The molecule has 1 aliphatic rings. The van der Waals surface area contributed by atoms with E-state index in [1.54, 1.807) is 0 Å². The Balaban J connectivity index is 1.66. The molecule has 0 bridgehead atoms. The van der Waals surface area contributed by atoms with Gasteiger partial charge in [0.15, 0.2) is 0 Å². The summed E-state index contributed by atoms with van der Waals surface area (Å²) in [7, 11) is 0. The van der Waals surface area contributed by atoms with Gasteiger partial charge in [0.25, 0.3) is 0 Å². The van der Waals surface area contributed by atoms with Crippen LogP contribution >= 0.6 is 11.8 Å². The molecular weight excluding hydrogens is 268 g/mol. The van der Waals surface area contributed by atoms with Crippen LogP contribution in [0.4, 0.5) is 0 Å². The van der Waals surface area contributed by atoms with Gasteiger partial charge in [-0.2, -0.15) is 0 Å². The molecule has 4 heteroatoms. The Hall–Kier alpha value is -0.550. The average Bonchev–Trinajstić information content (AvgIpc) is 2.43. The SMILES string of the molecule is CC1CN(CC[C@@H](N)CSc2ccccc2)CC(C)O1. The van der Waals surface area contributed by atoms with Crippen LogP contribution in [-0.2, 0) is 4.74 Å². The van der Waals surface area contributed by atoms with Crippen molar-refractivity contribution in [2.24, 2.45) is 5.73 Å². The summed E-state index contributed by atoms with van der Waals surface area (Å²) in [5.41, 5.74) is 6.23. The van der Waals surface area contributed by atoms with E-state index < -0.39 is 0 Å². The monoisotopic (exact) mass is 294 g/mol. The van der Waals surface area contributed by atoms with Crippen LogP contribution < -0.4 is 5.73 Å². The number of hydrogen-bond donors (Lipinski definition) is 1. The van der Waals surface area contributed by atoms with Crippen LogP contribution in [0, 0.1) is 0 Å². The normalized spacial score (nSPS) is 25.6. The van der Waals surface area contributed by atoms with E-state index in [2.05, 4.69) is 43.0 Å². The Morgan fingerprint density at radius 1 is 1.25 bits per heavy atom. The second kappa shape index (κ2) is 8.03. The lowest BCUT2D eigenvalue weighted by Gasteiger charge is -2.35. The zero-order chi connectivity index (χ0) is 14.4. The molecule has 1 saturated heterocycles. The van der Waals surface area contributed by atoms with Crippen LogP contribution in [0.5, 0.6) is 0 Å². The van der Waals surface area contributed by atoms with Crippen molar-refractivity contribution in [3.05, 3.63) is 30.3 Å². The summed E-state index contributed by atoms with van der Waals surface area (Å²) < 4.78 is 5.75. The first-order chi connectivity index (χ1) is 9.63. The van der Waals surface area contributed by atoms with Crippen molar-refractivity contribution in [3.63, 3.8) is 0 Å². The molecule has 0 spiro atoms. The highest BCUT2D eigenvalue weighted by atomic mass is 32.2. The summed E-state index contributed by atoms with van der Waals surface area (Å²) in [4.78, 5) is 3.78. The summed E-state index contributed by atoms with van der Waals surface area (Å²) >= 11 is 1.85. The Morgan fingerprint density at radius 3 is 2.55 bits per heavy atom. The Bertz CT molecular complexity index is 377. The maximum absolute atomic E-state index is 6.23. The zero-order valence-corrected chi connectivity index (χ0v) is 13.3. The Labute approximate surface area is 126 Å². The molecule has 1 aromatic carbocycles. The number of nitrogens with zero attached hydrogens (tertiary/aromatic N) is 1. The van der Waals surface area contributed by atoms with E-state index in [9.17, 15) is 0 Å². The minimum atomic E-state index is 0.258. The molecule has 0 saturated carbocycles. The number of nitrogens with two attached hydrogens (primary N) is 1. The van der Waals surface area contributed by atoms with Crippen molar-refractivity contribution < 1.29 is 4.74 Å². The average molecular weight is 294 g/mol. The number of ether oxygens (including phenoxy) is 1. The van der Waals surface area contributed by atoms with Gasteiger partial charge in [-0.1, -0.05) is 18.2 Å². The van der Waals surface area contributed by atoms with E-state index in [4.69, 9.17) is 10.5 Å². The van der Waals surface area contributed by atoms with Crippen LogP contribution in [-0.4, -0.2) is 48.5 Å². The molecule has 2 rings (SSSR count). The van der Waals surface area contributed by atoms with Crippen molar-refractivity contribution in [2.75, 3.05) is 25.4 Å². The smallest absolute Gasteiger partial charge is 0.0678 e. The minimum absolute atomic E-state index is 0.258. The first-order valence-electron chi connectivity index (χ1n) is 7.44. The maximum atomic E-state index is 6.23. The summed E-state index contributed by atoms with van der Waals surface area (Å²) in [5, 5.41) is 0. The van der Waals surface area contributed by atoms with E-state index in [1.165, 1.54) is 4.90 Å². The molecular formula is C16H26N2OS. The van der Waals surface area contributed by atoms with Gasteiger partial charge in [0, 0.05) is 29.8 Å². The molecule has 1 aliphatic heterocycles. The van der Waals surface area contributed by atoms with Gasteiger partial charge in [-0.15, -0.1) is 11.8 Å². The molecule has 3 nitrogen and oxygen atoms in total. The van der Waals surface area contributed by atoms with E-state index in [-0.39, 0.29) is 6.04 Å². The molecule has 1 aromatic rings. The summed E-state index contributed by atoms with van der Waals surface area (Å²) in [6, 6.07) is 10.7. The highest BCUT2D eigenvalue weighted by Crippen LogP contribution is 2.18. The third-order valence-corrected chi connectivity index (χ3v) is 4.72. The zero-order valence-electron chi connectivity index (χ0n) is 12.5. The quantitative estimate of drug-likeness (QED) is 0.819. The first-order valence-corrected chi connectivity index (χ1v) is 8.43. The highest BCUT2D eigenvalue weighted by molar-refractivity contribution is 7.99. The molecule has 0 aromatic heterocycles. The van der Waals surface area contributed by atoms with Gasteiger partial charge < -0.3 is 10.5 Å². The second-order valence-corrected chi connectivity index (χ2v) is 6.78. The number of hydrogen-bond acceptors (Lipinski definition) is 4. The fourth-order valence-corrected chi connectivity index (χ4v) is 3.54. The molecule has 2 unspecified atom stereocenters. The maximum Gasteiger partial charge on any atom is 0.0678 e. The fraction of sp³-hybridized carbons (Fsp3) is 0.625. The molecule has 0 aliphatic carbocycles. The molecule has 0 radical (unpaired) electrons. The van der Waals surface area contributed by atoms with Crippen molar-refractivity contribution in [2.45, 2.75) is 43.4 Å². The molecule has 1 heterocycles. The summed E-state index contributed by atoms with van der Waals surface area (Å²) in [6.45, 7) is 7.43. The Morgan fingerprint density at radius 2 is 1.90 bits per heavy atom. The lowest BCUT2D eigenvalue weighted by molar-refractivity contribution is -0.0683. The lowest BCUT2D eigenvalue weighted by Crippen LogP contribution is -2.46. The molecule has 2 N–H and O–H groups in total. The van der Waals surface area contributed by atoms with E-state index >= 15 is 0 Å². The predicted octanol–water partition coefficient (Wildman–Crippen LogP) is 2.61. The minimum Gasteiger partial charge on any atom is -0.373 e. The topological polar surface area (TPSA) is 38.5 Å². The standard InChI is InChI=1S/C16H26N2OS/c1-13-10-18(11-14(2)19-13)9-8-15(17)12-20-16-6-4-3-5-7-16/h3-7,13-15H,8-12,17H2,1-2H3/t13?,14?,15-/m1/s1. The van der Waals surface area contributed by atoms with Crippen LogP contribution in [0.15, 0.2) is 35.2 Å². The van der Waals surface area contributed by atoms with Gasteiger partial charge >= 0.3 is 0 Å². The lowest BCUT2D eigenvalue weighted by atomic mass is 10.2. The first kappa shape index (κ1) is 15.8. The molecule has 0 amide bonds. The van der Waals surface area contributed by atoms with Gasteiger partial charge in [0.2, 0.25) is 0 Å². The largest absolute Gasteiger partial charge is 0.373 e. The Kier molecular flexibility index (Phi) is 6.36. The van der Waals surface area contributed by atoms with Crippen LogP contribution in [0.25, 0.3) is 0 Å². The number of morpholine rings is 1. The van der Waals surface area contributed by atoms with E-state index in [0.717, 1.165) is 31.8 Å².